The van der Waals surface area contributed by atoms with Crippen LogP contribution in [-0.4, -0.2) is 18.8 Å². The molecule has 0 amide bonds. The first-order chi connectivity index (χ1) is 21.8. The quantitative estimate of drug-likeness (QED) is 0.133. The van der Waals surface area contributed by atoms with E-state index >= 15 is 0 Å². The van der Waals surface area contributed by atoms with Crippen molar-refractivity contribution in [2.45, 2.75) is 12.8 Å². The van der Waals surface area contributed by atoms with E-state index in [1.807, 2.05) is 12.1 Å². The van der Waals surface area contributed by atoms with Crippen LogP contribution in [0.4, 0.5) is 0 Å². The van der Waals surface area contributed by atoms with Crippen molar-refractivity contribution in [1.29, 1.82) is 0 Å². The number of pyridine rings is 2. The molecular formula is C40H24N4Pt. The van der Waals surface area contributed by atoms with Gasteiger partial charge in [0, 0.05) is 45.6 Å². The van der Waals surface area contributed by atoms with Gasteiger partial charge in [0.25, 0.3) is 0 Å². The maximum atomic E-state index is 5.20. The number of hydrogen-bond donors (Lipinski definition) is 0. The molecule has 0 unspecified atom stereocenters. The minimum Gasteiger partial charge on any atom is -0.339 e. The van der Waals surface area contributed by atoms with Crippen molar-refractivity contribution in [3.63, 3.8) is 0 Å². The number of benzene rings is 6. The Morgan fingerprint density at radius 2 is 0.911 bits per heavy atom. The molecule has 0 radical (unpaired) electrons. The number of hydrogen-bond acceptors (Lipinski definition) is 2. The topological polar surface area (TPSA) is 34.6 Å². The van der Waals surface area contributed by atoms with Crippen LogP contribution >= 0.6 is 0 Å². The van der Waals surface area contributed by atoms with E-state index in [0.29, 0.717) is 0 Å². The molecular weight excluding hydrogens is 732 g/mol. The molecule has 4 aromatic heterocycles. The summed E-state index contributed by atoms with van der Waals surface area (Å²) in [5.74, 6) is 0. The van der Waals surface area contributed by atoms with E-state index in [9.17, 15) is 0 Å². The molecule has 5 heteroatoms. The van der Waals surface area contributed by atoms with E-state index in [1.165, 1.54) is 54.1 Å². The molecule has 0 saturated carbocycles. The van der Waals surface area contributed by atoms with Gasteiger partial charge in [-0.05, 0) is 34.4 Å². The van der Waals surface area contributed by atoms with E-state index < -0.39 is 0 Å². The Morgan fingerprint density at radius 3 is 1.40 bits per heavy atom. The van der Waals surface area contributed by atoms with Crippen LogP contribution < -0.4 is 0 Å². The number of aryl methyl sites for hydroxylation is 2. The third-order valence-corrected chi connectivity index (χ3v) is 9.17. The first-order valence-corrected chi connectivity index (χ1v) is 15.1. The van der Waals surface area contributed by atoms with Gasteiger partial charge < -0.3 is 8.80 Å². The summed E-state index contributed by atoms with van der Waals surface area (Å²) in [6.07, 6.45) is 6.00. The molecule has 10 aromatic rings. The first-order valence-electron chi connectivity index (χ1n) is 15.1. The largest absolute Gasteiger partial charge is 2.00 e. The smallest absolute Gasteiger partial charge is 0.339 e. The Labute approximate surface area is 272 Å². The van der Waals surface area contributed by atoms with Crippen molar-refractivity contribution in [3.8, 4) is 0 Å². The van der Waals surface area contributed by atoms with Crippen molar-refractivity contribution in [2.24, 2.45) is 0 Å². The minimum atomic E-state index is 0. The van der Waals surface area contributed by atoms with E-state index in [-0.39, 0.29) is 21.1 Å². The van der Waals surface area contributed by atoms with Crippen LogP contribution in [0.5, 0.6) is 0 Å². The van der Waals surface area contributed by atoms with E-state index in [2.05, 4.69) is 130 Å². The second-order valence-corrected chi connectivity index (χ2v) is 11.6. The number of nitrogens with zero attached hydrogens (tertiary/aromatic N) is 4. The number of fused-ring (bicyclic) bond motifs is 16. The van der Waals surface area contributed by atoms with Gasteiger partial charge in [0.05, 0.1) is 11.3 Å². The zero-order valence-corrected chi connectivity index (χ0v) is 26.3. The molecule has 45 heavy (non-hydrogen) atoms. The van der Waals surface area contributed by atoms with Gasteiger partial charge in [-0.15, -0.1) is 59.3 Å². The Bertz CT molecular complexity index is 2580. The molecule has 0 aliphatic carbocycles. The number of rotatable bonds is 3. The van der Waals surface area contributed by atoms with Crippen molar-refractivity contribution in [3.05, 3.63) is 145 Å². The Morgan fingerprint density at radius 1 is 0.467 bits per heavy atom. The van der Waals surface area contributed by atoms with Gasteiger partial charge in [-0.25, -0.2) is 0 Å². The first kappa shape index (κ1) is 26.4. The molecule has 0 atom stereocenters. The predicted octanol–water partition coefficient (Wildman–Crippen LogP) is 9.28. The van der Waals surface area contributed by atoms with Gasteiger partial charge in [-0.2, -0.15) is 0 Å². The summed E-state index contributed by atoms with van der Waals surface area (Å²) in [6, 6.07) is 45.5. The zero-order valence-electron chi connectivity index (χ0n) is 24.1. The van der Waals surface area contributed by atoms with Crippen molar-refractivity contribution in [1.82, 2.24) is 18.8 Å². The third-order valence-electron chi connectivity index (χ3n) is 9.17. The SMILES string of the molecule is [Pt+2].[c-]1cccc2c1c1nc(CCc3cn4c(n3)c3[c-]cccc3c3ccc5ccccc5c34)cn1c1c3ccccc3ccc21. The fourth-order valence-corrected chi connectivity index (χ4v) is 7.21. The van der Waals surface area contributed by atoms with Gasteiger partial charge in [0.1, 0.15) is 0 Å². The maximum Gasteiger partial charge on any atom is 2.00 e. The molecule has 214 valence electrons. The van der Waals surface area contributed by atoms with E-state index in [0.717, 1.165) is 46.3 Å². The second kappa shape index (κ2) is 9.99. The van der Waals surface area contributed by atoms with Crippen LogP contribution in [0.1, 0.15) is 11.4 Å². The fourth-order valence-electron chi connectivity index (χ4n) is 7.21. The Balaban J connectivity index is 0.00000281. The summed E-state index contributed by atoms with van der Waals surface area (Å²) >= 11 is 0. The van der Waals surface area contributed by atoms with Crippen LogP contribution in [0.3, 0.4) is 0 Å². The molecule has 0 fully saturated rings. The van der Waals surface area contributed by atoms with Crippen LogP contribution in [0.25, 0.3) is 76.2 Å². The standard InChI is InChI=1S/C40H24N4.Pt/c1-3-11-29-25(9-1)17-21-33-31-13-5-7-15-35(31)39-41-27(23-43(39)37(29)33)19-20-28-24-44-38-30-12-4-2-10-26(30)18-22-34(38)32-14-6-8-16-36(32)40(44)42-28;/h1-14,17-18,21-24H,19-20H2;/q-2;+2. The monoisotopic (exact) mass is 755 g/mol. The molecule has 0 aliphatic heterocycles. The van der Waals surface area contributed by atoms with Crippen molar-refractivity contribution < 1.29 is 21.1 Å². The van der Waals surface area contributed by atoms with Gasteiger partial charge in [-0.3, -0.25) is 9.97 Å². The molecule has 0 N–H and O–H groups in total. The van der Waals surface area contributed by atoms with E-state index in [4.69, 9.17) is 9.97 Å². The predicted molar refractivity (Wildman–Crippen MR) is 180 cm³/mol. The summed E-state index contributed by atoms with van der Waals surface area (Å²) in [7, 11) is 0. The molecule has 0 aliphatic rings. The van der Waals surface area contributed by atoms with Gasteiger partial charge >= 0.3 is 21.1 Å². The van der Waals surface area contributed by atoms with Gasteiger partial charge in [0.15, 0.2) is 0 Å². The van der Waals surface area contributed by atoms with Gasteiger partial charge in [-0.1, -0.05) is 83.6 Å². The van der Waals surface area contributed by atoms with Gasteiger partial charge in [0.2, 0.25) is 0 Å². The molecule has 0 saturated heterocycles. The molecule has 10 rings (SSSR count). The Kier molecular flexibility index (Phi) is 5.85. The summed E-state index contributed by atoms with van der Waals surface area (Å²) in [6.45, 7) is 0. The molecule has 4 nitrogen and oxygen atoms in total. The van der Waals surface area contributed by atoms with Crippen LogP contribution in [-0.2, 0) is 33.9 Å². The summed E-state index contributed by atoms with van der Waals surface area (Å²) in [5, 5.41) is 11.8. The van der Waals surface area contributed by atoms with Crippen LogP contribution in [0.2, 0.25) is 0 Å². The van der Waals surface area contributed by atoms with Crippen molar-refractivity contribution >= 4 is 76.2 Å². The average Bonchev–Trinajstić information content (AvgIpc) is 3.72. The fraction of sp³-hybridized carbons (Fsp3) is 0.0500. The minimum absolute atomic E-state index is 0. The molecule has 6 aromatic carbocycles. The maximum absolute atomic E-state index is 5.20. The third kappa shape index (κ3) is 3.82. The van der Waals surface area contributed by atoms with Crippen LogP contribution in [0, 0.1) is 12.1 Å². The Hall–Kier alpha value is -5.05. The number of imidazole rings is 2. The van der Waals surface area contributed by atoms with Crippen LogP contribution in [0.15, 0.2) is 122 Å². The normalized spacial score (nSPS) is 12.0. The molecule has 0 bridgehead atoms. The second-order valence-electron chi connectivity index (χ2n) is 11.6. The zero-order chi connectivity index (χ0) is 28.8. The van der Waals surface area contributed by atoms with E-state index in [1.54, 1.807) is 0 Å². The molecule has 4 heterocycles. The summed E-state index contributed by atoms with van der Waals surface area (Å²) in [5.41, 5.74) is 6.38. The molecule has 0 spiro atoms. The summed E-state index contributed by atoms with van der Waals surface area (Å²) < 4.78 is 4.55. The average molecular weight is 756 g/mol. The summed E-state index contributed by atoms with van der Waals surface area (Å²) in [4.78, 5) is 10.4. The number of aromatic nitrogens is 4. The van der Waals surface area contributed by atoms with Crippen molar-refractivity contribution in [2.75, 3.05) is 0 Å².